The van der Waals surface area contributed by atoms with Crippen LogP contribution in [0.3, 0.4) is 0 Å². The molecular formula is C13H24N2O3. The van der Waals surface area contributed by atoms with Gasteiger partial charge in [-0.3, -0.25) is 4.79 Å². The average molecular weight is 256 g/mol. The van der Waals surface area contributed by atoms with E-state index in [1.165, 1.54) is 0 Å². The Bertz CT molecular complexity index is 310. The van der Waals surface area contributed by atoms with E-state index in [4.69, 9.17) is 4.74 Å². The van der Waals surface area contributed by atoms with Gasteiger partial charge in [-0.2, -0.15) is 0 Å². The first-order valence-electron chi connectivity index (χ1n) is 6.57. The quantitative estimate of drug-likeness (QED) is 0.819. The molecule has 1 rings (SSSR count). The lowest BCUT2D eigenvalue weighted by Gasteiger charge is -2.33. The Labute approximate surface area is 109 Å². The predicted octanol–water partition coefficient (Wildman–Crippen LogP) is 1.77. The summed E-state index contributed by atoms with van der Waals surface area (Å²) in [5.74, 6) is 0.0261. The molecule has 1 heterocycles. The van der Waals surface area contributed by atoms with Crippen LogP contribution < -0.4 is 5.32 Å². The van der Waals surface area contributed by atoms with Gasteiger partial charge in [0.1, 0.15) is 0 Å². The molecule has 0 saturated carbocycles. The number of hydrogen-bond acceptors (Lipinski definition) is 3. The third-order valence-corrected chi connectivity index (χ3v) is 2.96. The fourth-order valence-electron chi connectivity index (χ4n) is 1.88. The summed E-state index contributed by atoms with van der Waals surface area (Å²) < 4.78 is 4.98. The molecule has 0 radical (unpaired) electrons. The van der Waals surface area contributed by atoms with E-state index in [2.05, 4.69) is 5.32 Å². The second-order valence-corrected chi connectivity index (χ2v) is 5.71. The number of carbonyl (C=O) groups excluding carboxylic acids is 2. The van der Waals surface area contributed by atoms with Gasteiger partial charge in [0.25, 0.3) is 0 Å². The van der Waals surface area contributed by atoms with Crippen LogP contribution >= 0.6 is 0 Å². The maximum absolute atomic E-state index is 11.9. The first-order chi connectivity index (χ1) is 8.34. The van der Waals surface area contributed by atoms with Crippen LogP contribution in [0.5, 0.6) is 0 Å². The zero-order valence-electron chi connectivity index (χ0n) is 11.8. The Morgan fingerprint density at radius 2 is 2.06 bits per heavy atom. The van der Waals surface area contributed by atoms with E-state index in [9.17, 15) is 9.59 Å². The largest absolute Gasteiger partial charge is 0.450 e. The summed E-state index contributed by atoms with van der Waals surface area (Å²) >= 11 is 0. The predicted molar refractivity (Wildman–Crippen MR) is 69.2 cm³/mol. The van der Waals surface area contributed by atoms with Gasteiger partial charge in [0.05, 0.1) is 6.61 Å². The van der Waals surface area contributed by atoms with Gasteiger partial charge in [0.2, 0.25) is 5.91 Å². The highest BCUT2D eigenvalue weighted by atomic mass is 16.6. The van der Waals surface area contributed by atoms with Crippen LogP contribution in [-0.4, -0.2) is 42.6 Å². The Kier molecular flexibility index (Phi) is 4.99. The molecule has 1 aliphatic rings. The third-order valence-electron chi connectivity index (χ3n) is 2.96. The summed E-state index contributed by atoms with van der Waals surface area (Å²) in [7, 11) is 0. The van der Waals surface area contributed by atoms with Crippen molar-refractivity contribution in [3.8, 4) is 0 Å². The van der Waals surface area contributed by atoms with Gasteiger partial charge in [0, 0.05) is 24.5 Å². The Balaban J connectivity index is 2.49. The minimum atomic E-state index is -0.397. The smallest absolute Gasteiger partial charge is 0.409 e. The van der Waals surface area contributed by atoms with E-state index in [0.29, 0.717) is 19.7 Å². The zero-order valence-corrected chi connectivity index (χ0v) is 11.8. The highest BCUT2D eigenvalue weighted by Crippen LogP contribution is 2.16. The fourth-order valence-corrected chi connectivity index (χ4v) is 1.88. The first kappa shape index (κ1) is 14.8. The minimum Gasteiger partial charge on any atom is -0.450 e. The molecule has 1 aliphatic heterocycles. The van der Waals surface area contributed by atoms with Crippen LogP contribution in [0.4, 0.5) is 4.79 Å². The molecule has 0 bridgehead atoms. The van der Waals surface area contributed by atoms with Crippen molar-refractivity contribution in [2.75, 3.05) is 19.7 Å². The lowest BCUT2D eigenvalue weighted by atomic mass is 9.94. The van der Waals surface area contributed by atoms with Crippen LogP contribution in [-0.2, 0) is 9.53 Å². The lowest BCUT2D eigenvalue weighted by Crippen LogP contribution is -2.51. The van der Waals surface area contributed by atoms with Crippen LogP contribution in [0.2, 0.25) is 0 Å². The standard InChI is InChI=1S/C13H24N2O3/c1-5-18-12(17)15-8-6-7-10(9-15)14-11(16)13(2,3)4/h10H,5-9H2,1-4H3,(H,14,16). The molecule has 1 unspecified atom stereocenters. The first-order valence-corrected chi connectivity index (χ1v) is 6.57. The van der Waals surface area contributed by atoms with Crippen LogP contribution in [0.1, 0.15) is 40.5 Å². The molecule has 0 aromatic carbocycles. The molecule has 5 heteroatoms. The summed E-state index contributed by atoms with van der Waals surface area (Å²) in [6.07, 6.45) is 1.53. The van der Waals surface area contributed by atoms with E-state index in [0.717, 1.165) is 12.8 Å². The number of amides is 2. The molecule has 104 valence electrons. The van der Waals surface area contributed by atoms with Crippen LogP contribution in [0.15, 0.2) is 0 Å². The van der Waals surface area contributed by atoms with E-state index >= 15 is 0 Å². The number of nitrogens with zero attached hydrogens (tertiary/aromatic N) is 1. The maximum Gasteiger partial charge on any atom is 0.409 e. The molecule has 0 spiro atoms. The van der Waals surface area contributed by atoms with Gasteiger partial charge in [-0.15, -0.1) is 0 Å². The molecule has 2 amide bonds. The average Bonchev–Trinajstić information content (AvgIpc) is 2.28. The van der Waals surface area contributed by atoms with E-state index in [1.807, 2.05) is 20.8 Å². The molecule has 1 saturated heterocycles. The number of nitrogens with one attached hydrogen (secondary N) is 1. The summed E-state index contributed by atoms with van der Waals surface area (Å²) in [4.78, 5) is 25.2. The van der Waals surface area contributed by atoms with Crippen LogP contribution in [0, 0.1) is 5.41 Å². The highest BCUT2D eigenvalue weighted by molar-refractivity contribution is 5.81. The molecule has 5 nitrogen and oxygen atoms in total. The third kappa shape index (κ3) is 4.20. The van der Waals surface area contributed by atoms with Gasteiger partial charge < -0.3 is 15.0 Å². The number of piperidine rings is 1. The molecule has 1 fully saturated rings. The summed E-state index contributed by atoms with van der Waals surface area (Å²) in [5, 5.41) is 3.00. The summed E-state index contributed by atoms with van der Waals surface area (Å²) in [6, 6.07) is 0.0369. The van der Waals surface area contributed by atoms with Gasteiger partial charge in [-0.1, -0.05) is 20.8 Å². The van der Waals surface area contributed by atoms with E-state index in [-0.39, 0.29) is 18.0 Å². The van der Waals surface area contributed by atoms with Crippen molar-refractivity contribution >= 4 is 12.0 Å². The number of rotatable bonds is 2. The van der Waals surface area contributed by atoms with Crippen molar-refractivity contribution in [3.05, 3.63) is 0 Å². The SMILES string of the molecule is CCOC(=O)N1CCCC(NC(=O)C(C)(C)C)C1. The summed E-state index contributed by atoms with van der Waals surface area (Å²) in [6.45, 7) is 9.08. The normalized spacial score (nSPS) is 20.4. The van der Waals surface area contributed by atoms with E-state index in [1.54, 1.807) is 11.8 Å². The fraction of sp³-hybridized carbons (Fsp3) is 0.846. The second kappa shape index (κ2) is 6.07. The number of likely N-dealkylation sites (tertiary alicyclic amines) is 1. The zero-order chi connectivity index (χ0) is 13.8. The Morgan fingerprint density at radius 1 is 1.39 bits per heavy atom. The molecule has 0 aromatic heterocycles. The van der Waals surface area contributed by atoms with Crippen molar-refractivity contribution < 1.29 is 14.3 Å². The highest BCUT2D eigenvalue weighted by Gasteiger charge is 2.28. The van der Waals surface area contributed by atoms with E-state index < -0.39 is 5.41 Å². The summed E-state index contributed by atoms with van der Waals surface area (Å²) in [5.41, 5.74) is -0.397. The monoisotopic (exact) mass is 256 g/mol. The Hall–Kier alpha value is -1.26. The Morgan fingerprint density at radius 3 is 2.61 bits per heavy atom. The minimum absolute atomic E-state index is 0.0261. The van der Waals surface area contributed by atoms with Crippen molar-refractivity contribution in [2.24, 2.45) is 5.41 Å². The number of hydrogen-bond donors (Lipinski definition) is 1. The van der Waals surface area contributed by atoms with Gasteiger partial charge in [0.15, 0.2) is 0 Å². The maximum atomic E-state index is 11.9. The lowest BCUT2D eigenvalue weighted by molar-refractivity contribution is -0.129. The van der Waals surface area contributed by atoms with Crippen molar-refractivity contribution in [3.63, 3.8) is 0 Å². The molecule has 18 heavy (non-hydrogen) atoms. The molecule has 0 aromatic rings. The second-order valence-electron chi connectivity index (χ2n) is 5.71. The molecule has 1 N–H and O–H groups in total. The molecule has 1 atom stereocenters. The topological polar surface area (TPSA) is 58.6 Å². The van der Waals surface area contributed by atoms with Crippen molar-refractivity contribution in [2.45, 2.75) is 46.6 Å². The van der Waals surface area contributed by atoms with Crippen molar-refractivity contribution in [1.29, 1.82) is 0 Å². The number of ether oxygens (including phenoxy) is 1. The molecular weight excluding hydrogens is 232 g/mol. The van der Waals surface area contributed by atoms with Gasteiger partial charge in [-0.05, 0) is 19.8 Å². The molecule has 0 aliphatic carbocycles. The van der Waals surface area contributed by atoms with Gasteiger partial charge in [-0.25, -0.2) is 4.79 Å². The van der Waals surface area contributed by atoms with Crippen molar-refractivity contribution in [1.82, 2.24) is 10.2 Å². The van der Waals surface area contributed by atoms with Gasteiger partial charge >= 0.3 is 6.09 Å². The number of carbonyl (C=O) groups is 2. The van der Waals surface area contributed by atoms with Crippen LogP contribution in [0.25, 0.3) is 0 Å².